The van der Waals surface area contributed by atoms with Gasteiger partial charge in [-0.15, -0.1) is 0 Å². The molecule has 110 valence electrons. The lowest BCUT2D eigenvalue weighted by molar-refractivity contribution is -0.120. The van der Waals surface area contributed by atoms with E-state index < -0.39 is 5.97 Å². The Morgan fingerprint density at radius 2 is 2.05 bits per heavy atom. The van der Waals surface area contributed by atoms with Crippen LogP contribution >= 0.6 is 0 Å². The van der Waals surface area contributed by atoms with Crippen LogP contribution in [0.5, 0.6) is 0 Å². The highest BCUT2D eigenvalue weighted by atomic mass is 16.5. The third-order valence-electron chi connectivity index (χ3n) is 3.17. The molecule has 0 heterocycles. The molecule has 0 saturated carbocycles. The lowest BCUT2D eigenvalue weighted by atomic mass is 10.1. The maximum atomic E-state index is 11.7. The number of aryl methyl sites for hydroxylation is 1. The minimum atomic E-state index is -0.466. The molecule has 0 spiro atoms. The number of amides is 1. The summed E-state index contributed by atoms with van der Waals surface area (Å²) in [4.78, 5) is 24.8. The van der Waals surface area contributed by atoms with Gasteiger partial charge in [0.25, 0.3) is 0 Å². The Kier molecular flexibility index (Phi) is 5.37. The second-order valence-corrected chi connectivity index (χ2v) is 4.56. The zero-order valence-electron chi connectivity index (χ0n) is 12.3. The van der Waals surface area contributed by atoms with Gasteiger partial charge in [-0.05, 0) is 24.6 Å². The number of nitrogens with two attached hydrogens (primary N) is 1. The van der Waals surface area contributed by atoms with E-state index in [1.54, 1.807) is 13.1 Å². The summed E-state index contributed by atoms with van der Waals surface area (Å²) in [5.41, 5.74) is 8.27. The van der Waals surface area contributed by atoms with Crippen LogP contribution in [0.4, 0.5) is 11.4 Å². The second-order valence-electron chi connectivity index (χ2n) is 4.56. The number of esters is 1. The number of carbonyl (C=O) groups excluding carboxylic acids is 2. The van der Waals surface area contributed by atoms with Crippen LogP contribution in [0.15, 0.2) is 12.1 Å². The second kappa shape index (κ2) is 6.79. The van der Waals surface area contributed by atoms with E-state index in [0.29, 0.717) is 24.2 Å². The van der Waals surface area contributed by atoms with Gasteiger partial charge < -0.3 is 20.7 Å². The Labute approximate surface area is 118 Å². The summed E-state index contributed by atoms with van der Waals surface area (Å²) in [5.74, 6) is -0.496. The van der Waals surface area contributed by atoms with Crippen molar-refractivity contribution in [2.24, 2.45) is 0 Å². The summed E-state index contributed by atoms with van der Waals surface area (Å²) < 4.78 is 4.72. The largest absolute Gasteiger partial charge is 0.465 e. The molecule has 0 unspecified atom stereocenters. The number of rotatable bonds is 5. The lowest BCUT2D eigenvalue weighted by Gasteiger charge is -2.21. The summed E-state index contributed by atoms with van der Waals surface area (Å²) in [7, 11) is 4.78. The molecule has 0 aliphatic rings. The van der Waals surface area contributed by atoms with Gasteiger partial charge >= 0.3 is 5.97 Å². The van der Waals surface area contributed by atoms with Crippen LogP contribution in [0.2, 0.25) is 0 Å². The highest BCUT2D eigenvalue weighted by molar-refractivity contribution is 5.97. The van der Waals surface area contributed by atoms with Gasteiger partial charge in [-0.25, -0.2) is 4.79 Å². The number of carbonyl (C=O) groups is 2. The molecular weight excluding hydrogens is 258 g/mol. The van der Waals surface area contributed by atoms with Crippen LogP contribution in [-0.4, -0.2) is 39.6 Å². The molecule has 0 radical (unpaired) electrons. The first-order chi connectivity index (χ1) is 9.40. The molecule has 3 N–H and O–H groups in total. The Morgan fingerprint density at radius 1 is 1.40 bits per heavy atom. The van der Waals surface area contributed by atoms with Gasteiger partial charge in [-0.2, -0.15) is 0 Å². The number of benzene rings is 1. The monoisotopic (exact) mass is 279 g/mol. The maximum absolute atomic E-state index is 11.7. The van der Waals surface area contributed by atoms with E-state index >= 15 is 0 Å². The number of hydrogen-bond donors (Lipinski definition) is 2. The topological polar surface area (TPSA) is 84.7 Å². The average molecular weight is 279 g/mol. The zero-order valence-corrected chi connectivity index (χ0v) is 12.3. The fraction of sp³-hybridized carbons (Fsp3) is 0.429. The van der Waals surface area contributed by atoms with Crippen molar-refractivity contribution in [2.75, 3.05) is 38.4 Å². The van der Waals surface area contributed by atoms with Crippen molar-refractivity contribution < 1.29 is 14.3 Å². The van der Waals surface area contributed by atoms with E-state index in [2.05, 4.69) is 5.32 Å². The number of anilines is 2. The van der Waals surface area contributed by atoms with Gasteiger partial charge in [0.2, 0.25) is 5.91 Å². The van der Waals surface area contributed by atoms with Gasteiger partial charge in [0.15, 0.2) is 0 Å². The number of nitrogens with zero attached hydrogens (tertiary/aromatic N) is 1. The average Bonchev–Trinajstić information content (AvgIpc) is 2.45. The molecule has 0 aliphatic heterocycles. The Morgan fingerprint density at radius 3 is 2.60 bits per heavy atom. The first kappa shape index (κ1) is 15.8. The number of nitrogen functional groups attached to an aromatic ring is 1. The van der Waals surface area contributed by atoms with Crippen molar-refractivity contribution in [3.05, 3.63) is 23.3 Å². The summed E-state index contributed by atoms with van der Waals surface area (Å²) in [6, 6.07) is 3.56. The molecule has 1 amide bonds. The van der Waals surface area contributed by atoms with E-state index in [1.807, 2.05) is 24.9 Å². The number of methoxy groups -OCH3 is 1. The van der Waals surface area contributed by atoms with Crippen LogP contribution in [0.1, 0.15) is 22.3 Å². The van der Waals surface area contributed by atoms with Crippen molar-refractivity contribution in [3.63, 3.8) is 0 Å². The third kappa shape index (κ3) is 3.63. The standard InChI is InChI=1S/C14H21N3O3/c1-9-7-10(17(3)6-5-12(18)16-2)8-11(13(9)15)14(19)20-4/h7-8H,5-6,15H2,1-4H3,(H,16,18). The van der Waals surface area contributed by atoms with Crippen molar-refractivity contribution in [3.8, 4) is 0 Å². The molecule has 0 bridgehead atoms. The normalized spacial score (nSPS) is 10.0. The van der Waals surface area contributed by atoms with Crippen LogP contribution in [0, 0.1) is 6.92 Å². The van der Waals surface area contributed by atoms with Gasteiger partial charge in [-0.3, -0.25) is 4.79 Å². The quantitative estimate of drug-likeness (QED) is 0.619. The molecule has 20 heavy (non-hydrogen) atoms. The van der Waals surface area contributed by atoms with Crippen LogP contribution in [0.25, 0.3) is 0 Å². The van der Waals surface area contributed by atoms with Crippen LogP contribution in [0.3, 0.4) is 0 Å². The molecule has 0 fully saturated rings. The van der Waals surface area contributed by atoms with E-state index in [0.717, 1.165) is 11.3 Å². The molecule has 6 heteroatoms. The van der Waals surface area contributed by atoms with E-state index in [-0.39, 0.29) is 5.91 Å². The highest BCUT2D eigenvalue weighted by Crippen LogP contribution is 2.25. The molecule has 0 aromatic heterocycles. The van der Waals surface area contributed by atoms with Gasteiger partial charge in [-0.1, -0.05) is 0 Å². The van der Waals surface area contributed by atoms with Crippen LogP contribution < -0.4 is 16.0 Å². The molecular formula is C14H21N3O3. The first-order valence-corrected chi connectivity index (χ1v) is 6.30. The fourth-order valence-corrected chi connectivity index (χ4v) is 1.80. The molecule has 0 aliphatic carbocycles. The van der Waals surface area contributed by atoms with Crippen molar-refractivity contribution in [1.29, 1.82) is 0 Å². The SMILES string of the molecule is CNC(=O)CCN(C)c1cc(C)c(N)c(C(=O)OC)c1. The molecule has 0 atom stereocenters. The van der Waals surface area contributed by atoms with Gasteiger partial charge in [0.1, 0.15) is 0 Å². The number of hydrogen-bond acceptors (Lipinski definition) is 5. The summed E-state index contributed by atoms with van der Waals surface area (Å²) >= 11 is 0. The molecule has 6 nitrogen and oxygen atoms in total. The lowest BCUT2D eigenvalue weighted by Crippen LogP contribution is -2.26. The zero-order chi connectivity index (χ0) is 15.3. The third-order valence-corrected chi connectivity index (χ3v) is 3.17. The maximum Gasteiger partial charge on any atom is 0.340 e. The molecule has 1 aromatic carbocycles. The Hall–Kier alpha value is -2.24. The minimum absolute atomic E-state index is 0.0304. The highest BCUT2D eigenvalue weighted by Gasteiger charge is 2.15. The fourth-order valence-electron chi connectivity index (χ4n) is 1.80. The molecule has 0 saturated heterocycles. The van der Waals surface area contributed by atoms with Crippen LogP contribution in [-0.2, 0) is 9.53 Å². The van der Waals surface area contributed by atoms with Crippen molar-refractivity contribution in [2.45, 2.75) is 13.3 Å². The Balaban J connectivity index is 2.98. The van der Waals surface area contributed by atoms with E-state index in [1.165, 1.54) is 7.11 Å². The van der Waals surface area contributed by atoms with E-state index in [4.69, 9.17) is 10.5 Å². The smallest absolute Gasteiger partial charge is 0.340 e. The molecule has 1 rings (SSSR count). The number of nitrogens with one attached hydrogen (secondary N) is 1. The molecule has 1 aromatic rings. The first-order valence-electron chi connectivity index (χ1n) is 6.30. The summed E-state index contributed by atoms with van der Waals surface area (Å²) in [6.45, 7) is 2.38. The summed E-state index contributed by atoms with van der Waals surface area (Å²) in [5, 5.41) is 2.57. The van der Waals surface area contributed by atoms with Gasteiger partial charge in [0.05, 0.1) is 12.7 Å². The predicted octanol–water partition coefficient (Wildman–Crippen LogP) is 0.936. The van der Waals surface area contributed by atoms with E-state index in [9.17, 15) is 9.59 Å². The van der Waals surface area contributed by atoms with Gasteiger partial charge in [0, 0.05) is 38.4 Å². The predicted molar refractivity (Wildman–Crippen MR) is 78.9 cm³/mol. The van der Waals surface area contributed by atoms with Crippen molar-refractivity contribution >= 4 is 23.3 Å². The Bertz CT molecular complexity index is 515. The minimum Gasteiger partial charge on any atom is -0.465 e. The summed E-state index contributed by atoms with van der Waals surface area (Å²) in [6.07, 6.45) is 0.379. The number of ether oxygens (including phenoxy) is 1. The van der Waals surface area contributed by atoms with Crippen molar-refractivity contribution in [1.82, 2.24) is 5.32 Å².